The van der Waals surface area contributed by atoms with Gasteiger partial charge in [-0.1, -0.05) is 0 Å². The number of nitrogens with one attached hydrogen (secondary N) is 1. The Bertz CT molecular complexity index is 855. The Morgan fingerprint density at radius 3 is 2.77 bits per heavy atom. The van der Waals surface area contributed by atoms with Gasteiger partial charge in [-0.3, -0.25) is 9.59 Å². The summed E-state index contributed by atoms with van der Waals surface area (Å²) in [4.78, 5) is 31.2. The van der Waals surface area contributed by atoms with E-state index in [2.05, 4.69) is 10.3 Å². The molecular formula is C19H21FN4O2. The zero-order chi connectivity index (χ0) is 18.3. The van der Waals surface area contributed by atoms with Gasteiger partial charge in [-0.15, -0.1) is 0 Å². The molecule has 1 saturated heterocycles. The molecule has 1 fully saturated rings. The number of halogens is 1. The average Bonchev–Trinajstić information content (AvgIpc) is 3.07. The minimum Gasteiger partial charge on any atom is -0.342 e. The van der Waals surface area contributed by atoms with E-state index in [0.717, 1.165) is 18.7 Å². The summed E-state index contributed by atoms with van der Waals surface area (Å²) in [6.07, 6.45) is 5.46. The first-order chi connectivity index (χ1) is 12.5. The lowest BCUT2D eigenvalue weighted by molar-refractivity contribution is -0.136. The Balaban J connectivity index is 1.50. The first kappa shape index (κ1) is 16.8. The summed E-state index contributed by atoms with van der Waals surface area (Å²) in [5, 5.41) is 2.72. The molecule has 1 atom stereocenters. The summed E-state index contributed by atoms with van der Waals surface area (Å²) >= 11 is 0. The molecule has 0 spiro atoms. The molecule has 1 aromatic heterocycles. The molecule has 1 aromatic carbocycles. The summed E-state index contributed by atoms with van der Waals surface area (Å²) in [6.45, 7) is 1.25. The maximum atomic E-state index is 13.7. The fourth-order valence-electron chi connectivity index (χ4n) is 4.00. The van der Waals surface area contributed by atoms with Gasteiger partial charge in [0, 0.05) is 50.6 Å². The van der Waals surface area contributed by atoms with Crippen LogP contribution in [0.1, 0.15) is 42.5 Å². The number of aryl methyl sites for hydroxylation is 1. The molecule has 0 unspecified atom stereocenters. The van der Waals surface area contributed by atoms with Crippen molar-refractivity contribution < 1.29 is 14.0 Å². The van der Waals surface area contributed by atoms with E-state index in [1.807, 2.05) is 17.8 Å². The zero-order valence-electron chi connectivity index (χ0n) is 14.6. The monoisotopic (exact) mass is 356 g/mol. The number of anilines is 1. The fourth-order valence-corrected chi connectivity index (χ4v) is 4.00. The van der Waals surface area contributed by atoms with Crippen LogP contribution in [0.15, 0.2) is 30.6 Å². The van der Waals surface area contributed by atoms with E-state index in [9.17, 15) is 14.0 Å². The summed E-state index contributed by atoms with van der Waals surface area (Å²) in [6, 6.07) is 4.18. The molecule has 0 aliphatic carbocycles. The third-order valence-corrected chi connectivity index (χ3v) is 5.38. The number of piperidine rings is 1. The van der Waals surface area contributed by atoms with Gasteiger partial charge in [0.25, 0.3) is 0 Å². The number of hydrogen-bond acceptors (Lipinski definition) is 3. The smallest absolute Gasteiger partial charge is 0.230 e. The molecule has 0 bridgehead atoms. The minimum absolute atomic E-state index is 0.0641. The van der Waals surface area contributed by atoms with E-state index in [1.165, 1.54) is 18.2 Å². The number of hydrogen-bond donors (Lipinski definition) is 1. The van der Waals surface area contributed by atoms with E-state index in [0.29, 0.717) is 30.3 Å². The molecule has 3 heterocycles. The largest absolute Gasteiger partial charge is 0.342 e. The maximum Gasteiger partial charge on any atom is 0.230 e. The van der Waals surface area contributed by atoms with Gasteiger partial charge in [0.2, 0.25) is 11.8 Å². The minimum atomic E-state index is -0.612. The molecule has 6 nitrogen and oxygen atoms in total. The van der Waals surface area contributed by atoms with Crippen molar-refractivity contribution in [2.45, 2.75) is 31.1 Å². The van der Waals surface area contributed by atoms with Crippen LogP contribution in [0.25, 0.3) is 0 Å². The van der Waals surface area contributed by atoms with E-state index in [1.54, 1.807) is 11.1 Å². The molecule has 4 rings (SSSR count). The molecule has 136 valence electrons. The molecule has 0 saturated carbocycles. The van der Waals surface area contributed by atoms with Gasteiger partial charge in [-0.25, -0.2) is 9.37 Å². The van der Waals surface area contributed by atoms with Gasteiger partial charge in [-0.2, -0.15) is 0 Å². The molecule has 0 radical (unpaired) electrons. The first-order valence-electron chi connectivity index (χ1n) is 8.88. The highest BCUT2D eigenvalue weighted by Crippen LogP contribution is 2.35. The van der Waals surface area contributed by atoms with Crippen molar-refractivity contribution in [3.8, 4) is 0 Å². The second kappa shape index (κ2) is 6.55. The standard InChI is InChI=1S/C19H21FN4O2/c1-23-9-6-21-18(23)12-4-7-24(8-5-12)19(26)15-11-17(25)22-16-3-2-13(20)10-14(15)16/h2-3,6,9-10,12,15H,4-5,7-8,11H2,1H3,(H,22,25)/t15-/m1/s1. The number of rotatable bonds is 2. The lowest BCUT2D eigenvalue weighted by Crippen LogP contribution is -2.42. The number of fused-ring (bicyclic) bond motifs is 1. The van der Waals surface area contributed by atoms with Crippen molar-refractivity contribution >= 4 is 17.5 Å². The quantitative estimate of drug-likeness (QED) is 0.898. The van der Waals surface area contributed by atoms with Gasteiger partial charge in [0.15, 0.2) is 0 Å². The van der Waals surface area contributed by atoms with Gasteiger partial charge in [0.1, 0.15) is 11.6 Å². The molecule has 26 heavy (non-hydrogen) atoms. The second-order valence-corrected chi connectivity index (χ2v) is 7.03. The van der Waals surface area contributed by atoms with Crippen molar-refractivity contribution in [1.29, 1.82) is 0 Å². The molecular weight excluding hydrogens is 335 g/mol. The van der Waals surface area contributed by atoms with Crippen molar-refractivity contribution in [3.63, 3.8) is 0 Å². The summed E-state index contributed by atoms with van der Waals surface area (Å²) in [5.74, 6) is 0.0701. The number of amides is 2. The van der Waals surface area contributed by atoms with Gasteiger partial charge >= 0.3 is 0 Å². The van der Waals surface area contributed by atoms with Crippen LogP contribution >= 0.6 is 0 Å². The SMILES string of the molecule is Cn1ccnc1C1CCN(C(=O)[C@@H]2CC(=O)Nc3ccc(F)cc32)CC1. The van der Waals surface area contributed by atoms with E-state index < -0.39 is 11.7 Å². The number of likely N-dealkylation sites (tertiary alicyclic amines) is 1. The van der Waals surface area contributed by atoms with Crippen LogP contribution in [0.2, 0.25) is 0 Å². The van der Waals surface area contributed by atoms with Crippen LogP contribution in [0.3, 0.4) is 0 Å². The van der Waals surface area contributed by atoms with Crippen LogP contribution < -0.4 is 5.32 Å². The molecule has 2 amide bonds. The number of benzene rings is 1. The van der Waals surface area contributed by atoms with Gasteiger partial charge < -0.3 is 14.8 Å². The van der Waals surface area contributed by atoms with Crippen LogP contribution in [-0.2, 0) is 16.6 Å². The van der Waals surface area contributed by atoms with Crippen LogP contribution in [0, 0.1) is 5.82 Å². The maximum absolute atomic E-state index is 13.7. The molecule has 2 aromatic rings. The first-order valence-corrected chi connectivity index (χ1v) is 8.88. The lowest BCUT2D eigenvalue weighted by Gasteiger charge is -2.35. The normalized spacial score (nSPS) is 20.6. The topological polar surface area (TPSA) is 67.2 Å². The summed E-state index contributed by atoms with van der Waals surface area (Å²) in [5.41, 5.74) is 1.10. The second-order valence-electron chi connectivity index (χ2n) is 7.03. The third kappa shape index (κ3) is 2.98. The number of carbonyl (C=O) groups is 2. The van der Waals surface area contributed by atoms with Crippen LogP contribution in [0.5, 0.6) is 0 Å². The average molecular weight is 356 g/mol. The van der Waals surface area contributed by atoms with Crippen molar-refractivity contribution in [2.75, 3.05) is 18.4 Å². The van der Waals surface area contributed by atoms with E-state index >= 15 is 0 Å². The molecule has 2 aliphatic heterocycles. The number of carbonyl (C=O) groups excluding carboxylic acids is 2. The van der Waals surface area contributed by atoms with Crippen molar-refractivity contribution in [2.24, 2.45) is 7.05 Å². The fraction of sp³-hybridized carbons (Fsp3) is 0.421. The highest BCUT2D eigenvalue weighted by molar-refractivity contribution is 6.01. The summed E-state index contributed by atoms with van der Waals surface area (Å²) in [7, 11) is 1.98. The Hall–Kier alpha value is -2.70. The predicted octanol–water partition coefficient (Wildman–Crippen LogP) is 2.39. The van der Waals surface area contributed by atoms with Crippen molar-refractivity contribution in [1.82, 2.24) is 14.5 Å². The van der Waals surface area contributed by atoms with Gasteiger partial charge in [0.05, 0.1) is 5.92 Å². The third-order valence-electron chi connectivity index (χ3n) is 5.38. The Morgan fingerprint density at radius 2 is 2.08 bits per heavy atom. The Morgan fingerprint density at radius 1 is 1.31 bits per heavy atom. The number of imidazole rings is 1. The predicted molar refractivity (Wildman–Crippen MR) is 94.2 cm³/mol. The highest BCUT2D eigenvalue weighted by atomic mass is 19.1. The summed E-state index contributed by atoms with van der Waals surface area (Å²) < 4.78 is 15.7. The van der Waals surface area contributed by atoms with Gasteiger partial charge in [-0.05, 0) is 36.6 Å². The van der Waals surface area contributed by atoms with Crippen LogP contribution in [-0.4, -0.2) is 39.4 Å². The lowest BCUT2D eigenvalue weighted by atomic mass is 9.87. The van der Waals surface area contributed by atoms with Crippen molar-refractivity contribution in [3.05, 3.63) is 47.8 Å². The van der Waals surface area contributed by atoms with Crippen LogP contribution in [0.4, 0.5) is 10.1 Å². The van der Waals surface area contributed by atoms with E-state index in [-0.39, 0.29) is 18.2 Å². The van der Waals surface area contributed by atoms with E-state index in [4.69, 9.17) is 0 Å². The highest BCUT2D eigenvalue weighted by Gasteiger charge is 2.35. The molecule has 1 N–H and O–H groups in total. The molecule has 7 heteroatoms. The zero-order valence-corrected chi connectivity index (χ0v) is 14.6. The Labute approximate surface area is 151 Å². The number of nitrogens with zero attached hydrogens (tertiary/aromatic N) is 3. The Kier molecular flexibility index (Phi) is 4.22. The molecule has 2 aliphatic rings. The number of aromatic nitrogens is 2.